The lowest BCUT2D eigenvalue weighted by molar-refractivity contribution is 0.556. The van der Waals surface area contributed by atoms with Crippen LogP contribution in [0.5, 0.6) is 0 Å². The summed E-state index contributed by atoms with van der Waals surface area (Å²) in [5, 5.41) is 0. The molecule has 0 N–H and O–H groups in total. The molecule has 31 valence electrons. The van der Waals surface area contributed by atoms with Crippen LogP contribution in [-0.4, -0.2) is 6.29 Å². The van der Waals surface area contributed by atoms with E-state index in [0.29, 0.717) is 0 Å². The summed E-state index contributed by atoms with van der Waals surface area (Å²) < 4.78 is 10.6. The monoisotopic (exact) mass is 85.0 g/mol. The highest BCUT2D eigenvalue weighted by Gasteiger charge is 1.65. The molecule has 0 aromatic carbocycles. The Balaban J connectivity index is 3.00. The van der Waals surface area contributed by atoms with E-state index in [0.717, 1.165) is 6.17 Å². The number of halogens is 1. The standard InChI is InChI=1S/C4H2FO/c5-3-1-2-4-6/h2H2. The highest BCUT2D eigenvalue weighted by Crippen LogP contribution is 1.62. The first-order chi connectivity index (χ1) is 2.91. The van der Waals surface area contributed by atoms with Crippen LogP contribution in [0.15, 0.2) is 0 Å². The minimum absolute atomic E-state index is 0.128. The van der Waals surface area contributed by atoms with Gasteiger partial charge in [-0.05, 0) is 0 Å². The van der Waals surface area contributed by atoms with Crippen LogP contribution in [0, 0.1) is 12.1 Å². The Bertz CT molecular complexity index is 87.5. The van der Waals surface area contributed by atoms with Crippen LogP contribution >= 0.6 is 0 Å². The average molecular weight is 85.1 g/mol. The van der Waals surface area contributed by atoms with Gasteiger partial charge in [-0.15, -0.1) is 4.39 Å². The summed E-state index contributed by atoms with van der Waals surface area (Å²) in [7, 11) is 0. The first-order valence-corrected chi connectivity index (χ1v) is 1.35. The van der Waals surface area contributed by atoms with Crippen LogP contribution in [0.3, 0.4) is 0 Å². The second-order valence-corrected chi connectivity index (χ2v) is 0.592. The van der Waals surface area contributed by atoms with Gasteiger partial charge in [0.25, 0.3) is 0 Å². The lowest BCUT2D eigenvalue weighted by Gasteiger charge is -1.54. The Kier molecular flexibility index (Phi) is 3.58. The van der Waals surface area contributed by atoms with Gasteiger partial charge in [0, 0.05) is 0 Å². The topological polar surface area (TPSA) is 17.1 Å². The average Bonchev–Trinajstić information content (AvgIpc) is 1.61. The third-order valence-corrected chi connectivity index (χ3v) is 0.227. The molecule has 1 radical (unpaired) electrons. The van der Waals surface area contributed by atoms with Gasteiger partial charge in [0.2, 0.25) is 6.29 Å². The molecule has 0 rings (SSSR count). The summed E-state index contributed by atoms with van der Waals surface area (Å²) >= 11 is 0. The molecule has 0 fully saturated rings. The molecule has 0 aromatic heterocycles. The van der Waals surface area contributed by atoms with Gasteiger partial charge in [0.1, 0.15) is 6.17 Å². The Morgan fingerprint density at radius 2 is 2.33 bits per heavy atom. The van der Waals surface area contributed by atoms with E-state index >= 15 is 0 Å². The zero-order valence-electron chi connectivity index (χ0n) is 2.99. The van der Waals surface area contributed by atoms with Gasteiger partial charge in [0.05, 0.1) is 6.42 Å². The summed E-state index contributed by atoms with van der Waals surface area (Å²) in [5.41, 5.74) is 0. The highest BCUT2D eigenvalue weighted by atomic mass is 19.1. The molecular weight excluding hydrogens is 83.0 g/mol. The molecule has 0 heterocycles. The fraction of sp³-hybridized carbons (Fsp3) is 0.250. The van der Waals surface area contributed by atoms with Crippen molar-refractivity contribution < 1.29 is 9.18 Å². The van der Waals surface area contributed by atoms with Crippen molar-refractivity contribution in [2.75, 3.05) is 0 Å². The Hall–Kier alpha value is -0.840. The molecule has 0 amide bonds. The third kappa shape index (κ3) is 3.16. The molecule has 0 saturated heterocycles. The first kappa shape index (κ1) is 5.16. The molecule has 0 aliphatic carbocycles. The highest BCUT2D eigenvalue weighted by molar-refractivity contribution is 5.54. The third-order valence-electron chi connectivity index (χ3n) is 0.227. The Labute approximate surface area is 35.2 Å². The van der Waals surface area contributed by atoms with Crippen molar-refractivity contribution in [1.82, 2.24) is 0 Å². The van der Waals surface area contributed by atoms with E-state index in [-0.39, 0.29) is 6.42 Å². The lowest BCUT2D eigenvalue weighted by atomic mass is 10.5. The smallest absolute Gasteiger partial charge is 0.211 e. The van der Waals surface area contributed by atoms with Crippen LogP contribution in [0.25, 0.3) is 0 Å². The molecule has 0 atom stereocenters. The zero-order valence-corrected chi connectivity index (χ0v) is 2.99. The molecule has 0 bridgehead atoms. The molecule has 0 saturated carbocycles. The fourth-order valence-corrected chi connectivity index (χ4v) is 0.0695. The normalized spacial score (nSPS) is 5.50. The van der Waals surface area contributed by atoms with Gasteiger partial charge in [-0.25, -0.2) is 0 Å². The van der Waals surface area contributed by atoms with Crippen molar-refractivity contribution in [3.63, 3.8) is 0 Å². The number of hydrogen-bond donors (Lipinski definition) is 0. The summed E-state index contributed by atoms with van der Waals surface area (Å²) in [6.07, 6.45) is 2.33. The Morgan fingerprint density at radius 3 is 2.50 bits per heavy atom. The maximum Gasteiger partial charge on any atom is 0.211 e. The van der Waals surface area contributed by atoms with Crippen LogP contribution in [0.2, 0.25) is 0 Å². The summed E-state index contributed by atoms with van der Waals surface area (Å²) in [4.78, 5) is 9.17. The van der Waals surface area contributed by atoms with Crippen molar-refractivity contribution in [1.29, 1.82) is 0 Å². The predicted octanol–water partition coefficient (Wildman–Crippen LogP) is 0.417. The molecule has 2 heteroatoms. The molecule has 0 spiro atoms. The second kappa shape index (κ2) is 4.16. The summed E-state index contributed by atoms with van der Waals surface area (Å²) in [5.74, 6) is 1.86. The second-order valence-electron chi connectivity index (χ2n) is 0.592. The van der Waals surface area contributed by atoms with E-state index in [9.17, 15) is 4.39 Å². The van der Waals surface area contributed by atoms with E-state index in [1.807, 2.05) is 5.92 Å². The van der Waals surface area contributed by atoms with Crippen LogP contribution < -0.4 is 0 Å². The van der Waals surface area contributed by atoms with Crippen LogP contribution in [0.1, 0.15) is 6.42 Å². The van der Waals surface area contributed by atoms with E-state index in [2.05, 4.69) is 0 Å². The molecule has 0 aromatic rings. The van der Waals surface area contributed by atoms with Gasteiger partial charge in [-0.2, -0.15) is 0 Å². The van der Waals surface area contributed by atoms with E-state index in [4.69, 9.17) is 4.79 Å². The molecular formula is C4H2FO. The van der Waals surface area contributed by atoms with E-state index in [1.54, 1.807) is 0 Å². The van der Waals surface area contributed by atoms with E-state index < -0.39 is 0 Å². The van der Waals surface area contributed by atoms with Crippen molar-refractivity contribution in [2.45, 2.75) is 6.42 Å². The minimum atomic E-state index is -0.128. The minimum Gasteiger partial charge on any atom is -0.290 e. The number of hydrogen-bond acceptors (Lipinski definition) is 1. The maximum absolute atomic E-state index is 10.6. The molecule has 0 unspecified atom stereocenters. The first-order valence-electron chi connectivity index (χ1n) is 1.35. The molecule has 0 aliphatic heterocycles. The number of carbonyl (C=O) groups excluding carboxylic acids is 1. The molecule has 6 heavy (non-hydrogen) atoms. The van der Waals surface area contributed by atoms with Crippen molar-refractivity contribution >= 4 is 6.29 Å². The fourth-order valence-electron chi connectivity index (χ4n) is 0.0695. The molecule has 1 nitrogen and oxygen atoms in total. The van der Waals surface area contributed by atoms with E-state index in [1.165, 1.54) is 6.29 Å². The SMILES string of the molecule is O=[C]CC#CF. The van der Waals surface area contributed by atoms with Crippen molar-refractivity contribution in [2.24, 2.45) is 0 Å². The Morgan fingerprint density at radius 1 is 1.67 bits per heavy atom. The van der Waals surface area contributed by atoms with Crippen LogP contribution in [-0.2, 0) is 4.79 Å². The largest absolute Gasteiger partial charge is 0.290 e. The maximum atomic E-state index is 10.6. The zero-order chi connectivity index (χ0) is 4.83. The quantitative estimate of drug-likeness (QED) is 0.421. The van der Waals surface area contributed by atoms with Crippen molar-refractivity contribution in [3.05, 3.63) is 0 Å². The van der Waals surface area contributed by atoms with Gasteiger partial charge >= 0.3 is 0 Å². The predicted molar refractivity (Wildman–Crippen MR) is 19.2 cm³/mol. The van der Waals surface area contributed by atoms with Gasteiger partial charge in [-0.3, -0.25) is 4.79 Å². The van der Waals surface area contributed by atoms with Gasteiger partial charge < -0.3 is 0 Å². The summed E-state index contributed by atoms with van der Waals surface area (Å²) in [6, 6.07) is 0. The molecule has 0 aliphatic rings. The van der Waals surface area contributed by atoms with Crippen molar-refractivity contribution in [3.8, 4) is 12.1 Å². The number of rotatable bonds is 1. The van der Waals surface area contributed by atoms with Gasteiger partial charge in [-0.1, -0.05) is 5.92 Å². The van der Waals surface area contributed by atoms with Crippen LogP contribution in [0.4, 0.5) is 4.39 Å². The lowest BCUT2D eigenvalue weighted by Crippen LogP contribution is -1.61. The summed E-state index contributed by atoms with van der Waals surface area (Å²) in [6.45, 7) is 0. The van der Waals surface area contributed by atoms with Gasteiger partial charge in [0.15, 0.2) is 0 Å².